The summed E-state index contributed by atoms with van der Waals surface area (Å²) in [5, 5.41) is 2.66. The lowest BCUT2D eigenvalue weighted by Crippen LogP contribution is -2.14. The van der Waals surface area contributed by atoms with E-state index in [1.54, 1.807) is 0 Å². The highest BCUT2D eigenvalue weighted by Crippen LogP contribution is 2.35. The zero-order valence-corrected chi connectivity index (χ0v) is 12.3. The number of nitrogens with one attached hydrogen (secondary N) is 1. The van der Waals surface area contributed by atoms with Gasteiger partial charge in [-0.3, -0.25) is 0 Å². The quantitative estimate of drug-likeness (QED) is 0.590. The number of aromatic nitrogens is 1. The lowest BCUT2D eigenvalue weighted by atomic mass is 10.2. The number of rotatable bonds is 7. The number of hydrogen-bond donors (Lipinski definition) is 1. The van der Waals surface area contributed by atoms with Crippen molar-refractivity contribution in [2.75, 3.05) is 31.0 Å². The molecule has 1 aromatic rings. The molecule has 1 N–H and O–H groups in total. The minimum Gasteiger partial charge on any atom is -0.380 e. The van der Waals surface area contributed by atoms with E-state index in [1.807, 2.05) is 0 Å². The summed E-state index contributed by atoms with van der Waals surface area (Å²) in [6.45, 7) is 1.23. The number of anilines is 1. The third-order valence-corrected chi connectivity index (χ3v) is 2.73. The first-order chi connectivity index (χ1) is 8.95. The average molecular weight is 362 g/mol. The van der Waals surface area contributed by atoms with Gasteiger partial charge in [-0.2, -0.15) is 13.2 Å². The molecule has 1 heterocycles. The summed E-state index contributed by atoms with van der Waals surface area (Å²) in [6, 6.07) is 0.999. The Balaban J connectivity index is 2.54. The highest BCUT2D eigenvalue weighted by atomic mass is 79.9. The monoisotopic (exact) mass is 360 g/mol. The molecule has 0 amide bonds. The van der Waals surface area contributed by atoms with Crippen LogP contribution < -0.4 is 5.32 Å². The number of alkyl halides is 4. The first-order valence-corrected chi connectivity index (χ1v) is 6.88. The molecule has 0 aliphatic heterocycles. The van der Waals surface area contributed by atoms with Gasteiger partial charge in [0.25, 0.3) is 0 Å². The van der Waals surface area contributed by atoms with Gasteiger partial charge in [-0.1, -0.05) is 0 Å². The number of hydrogen-bond acceptors (Lipinski definition) is 3. The van der Waals surface area contributed by atoms with Crippen LogP contribution in [0.3, 0.4) is 0 Å². The Morgan fingerprint density at radius 1 is 1.37 bits per heavy atom. The second-order valence-electron chi connectivity index (χ2n) is 3.63. The molecule has 0 aromatic carbocycles. The van der Waals surface area contributed by atoms with E-state index in [0.29, 0.717) is 32.1 Å². The van der Waals surface area contributed by atoms with Crippen molar-refractivity contribution in [1.82, 2.24) is 4.98 Å². The molecule has 1 aromatic heterocycles. The maximum Gasteiger partial charge on any atom is 0.419 e. The van der Waals surface area contributed by atoms with Gasteiger partial charge in [0.05, 0.1) is 12.2 Å². The zero-order valence-electron chi connectivity index (χ0n) is 9.94. The molecule has 0 spiro atoms. The molecule has 3 nitrogen and oxygen atoms in total. The standard InChI is InChI=1S/C11H13BrClF3N2O/c12-8-6-9(11(14,15)16)10(18-7-8)17-3-1-4-19-5-2-13/h6-7H,1-5H2,(H,17,18). The van der Waals surface area contributed by atoms with Crippen LogP contribution in [0.2, 0.25) is 0 Å². The van der Waals surface area contributed by atoms with Crippen molar-refractivity contribution < 1.29 is 17.9 Å². The van der Waals surface area contributed by atoms with Crippen molar-refractivity contribution in [2.45, 2.75) is 12.6 Å². The van der Waals surface area contributed by atoms with Crippen LogP contribution in [-0.4, -0.2) is 30.6 Å². The van der Waals surface area contributed by atoms with Gasteiger partial charge in [-0.05, 0) is 28.4 Å². The summed E-state index contributed by atoms with van der Waals surface area (Å²) >= 11 is 8.39. The van der Waals surface area contributed by atoms with E-state index < -0.39 is 11.7 Å². The lowest BCUT2D eigenvalue weighted by Gasteiger charge is -2.13. The lowest BCUT2D eigenvalue weighted by molar-refractivity contribution is -0.137. The zero-order chi connectivity index (χ0) is 14.3. The molecule has 0 saturated heterocycles. The first kappa shape index (κ1) is 16.5. The maximum absolute atomic E-state index is 12.8. The van der Waals surface area contributed by atoms with E-state index in [4.69, 9.17) is 16.3 Å². The molecule has 0 radical (unpaired) electrons. The van der Waals surface area contributed by atoms with Crippen molar-refractivity contribution in [3.8, 4) is 0 Å². The number of nitrogens with zero attached hydrogens (tertiary/aromatic N) is 1. The number of pyridine rings is 1. The van der Waals surface area contributed by atoms with Crippen molar-refractivity contribution >= 4 is 33.3 Å². The minimum atomic E-state index is -4.44. The van der Waals surface area contributed by atoms with Crippen molar-refractivity contribution in [1.29, 1.82) is 0 Å². The molecule has 19 heavy (non-hydrogen) atoms. The van der Waals surface area contributed by atoms with Crippen LogP contribution in [0.15, 0.2) is 16.7 Å². The van der Waals surface area contributed by atoms with Gasteiger partial charge in [0, 0.05) is 29.7 Å². The Bertz CT molecular complexity index is 404. The van der Waals surface area contributed by atoms with Gasteiger partial charge < -0.3 is 10.1 Å². The summed E-state index contributed by atoms with van der Waals surface area (Å²) < 4.78 is 43.7. The Morgan fingerprint density at radius 2 is 2.11 bits per heavy atom. The Kier molecular flexibility index (Phi) is 6.88. The molecule has 0 saturated carbocycles. The van der Waals surface area contributed by atoms with Crippen molar-refractivity contribution in [3.05, 3.63) is 22.3 Å². The molecule has 0 unspecified atom stereocenters. The number of ether oxygens (including phenoxy) is 1. The average Bonchev–Trinajstić information content (AvgIpc) is 2.34. The molecule has 1 rings (SSSR count). The molecule has 0 fully saturated rings. The van der Waals surface area contributed by atoms with Gasteiger partial charge in [0.1, 0.15) is 5.82 Å². The summed E-state index contributed by atoms with van der Waals surface area (Å²) in [5.74, 6) is 0.230. The van der Waals surface area contributed by atoms with E-state index in [1.165, 1.54) is 6.20 Å². The van der Waals surface area contributed by atoms with Crippen LogP contribution in [0.4, 0.5) is 19.0 Å². The summed E-state index contributed by atoms with van der Waals surface area (Å²) in [4.78, 5) is 3.74. The normalized spacial score (nSPS) is 11.6. The SMILES string of the molecule is FC(F)(F)c1cc(Br)cnc1NCCCOCCCl. The van der Waals surface area contributed by atoms with Crippen molar-refractivity contribution in [3.63, 3.8) is 0 Å². The molecule has 8 heteroatoms. The summed E-state index contributed by atoms with van der Waals surface area (Å²) in [6.07, 6.45) is -2.54. The molecular formula is C11H13BrClF3N2O. The molecule has 0 aliphatic carbocycles. The van der Waals surface area contributed by atoms with Crippen molar-refractivity contribution in [2.24, 2.45) is 0 Å². The predicted octanol–water partition coefficient (Wildman–Crippen LogP) is 3.92. The van der Waals surface area contributed by atoms with Gasteiger partial charge in [0.2, 0.25) is 0 Å². The molecule has 0 atom stereocenters. The van der Waals surface area contributed by atoms with E-state index in [0.717, 1.165) is 6.07 Å². The van der Waals surface area contributed by atoms with Crippen LogP contribution in [0.1, 0.15) is 12.0 Å². The van der Waals surface area contributed by atoms with E-state index in [9.17, 15) is 13.2 Å². The van der Waals surface area contributed by atoms with E-state index in [2.05, 4.69) is 26.2 Å². The fourth-order valence-electron chi connectivity index (χ4n) is 1.33. The van der Waals surface area contributed by atoms with E-state index >= 15 is 0 Å². The smallest absolute Gasteiger partial charge is 0.380 e. The minimum absolute atomic E-state index is 0.173. The first-order valence-electron chi connectivity index (χ1n) is 5.55. The highest BCUT2D eigenvalue weighted by molar-refractivity contribution is 9.10. The van der Waals surface area contributed by atoms with Crippen LogP contribution in [0.5, 0.6) is 0 Å². The second-order valence-corrected chi connectivity index (χ2v) is 4.92. The molecular weight excluding hydrogens is 348 g/mol. The fraction of sp³-hybridized carbons (Fsp3) is 0.545. The largest absolute Gasteiger partial charge is 0.419 e. The Hall–Kier alpha value is -0.530. The van der Waals surface area contributed by atoms with Gasteiger partial charge >= 0.3 is 6.18 Å². The van der Waals surface area contributed by atoms with Crippen LogP contribution in [0.25, 0.3) is 0 Å². The Morgan fingerprint density at radius 3 is 2.74 bits per heavy atom. The topological polar surface area (TPSA) is 34.2 Å². The summed E-state index contributed by atoms with van der Waals surface area (Å²) in [7, 11) is 0. The third kappa shape index (κ3) is 5.97. The molecule has 0 bridgehead atoms. The van der Waals surface area contributed by atoms with E-state index in [-0.39, 0.29) is 10.3 Å². The second kappa shape index (κ2) is 7.91. The molecule has 108 valence electrons. The highest BCUT2D eigenvalue weighted by Gasteiger charge is 2.34. The predicted molar refractivity (Wildman–Crippen MR) is 71.6 cm³/mol. The Labute approximate surface area is 122 Å². The third-order valence-electron chi connectivity index (χ3n) is 2.14. The van der Waals surface area contributed by atoms with Gasteiger partial charge in [-0.15, -0.1) is 11.6 Å². The fourth-order valence-corrected chi connectivity index (χ4v) is 1.77. The summed E-state index contributed by atoms with van der Waals surface area (Å²) in [5.41, 5.74) is -0.788. The van der Waals surface area contributed by atoms with Crippen LogP contribution >= 0.6 is 27.5 Å². The van der Waals surface area contributed by atoms with Gasteiger partial charge in [0.15, 0.2) is 0 Å². The number of halogens is 5. The van der Waals surface area contributed by atoms with Crippen LogP contribution in [0, 0.1) is 0 Å². The van der Waals surface area contributed by atoms with Crippen LogP contribution in [-0.2, 0) is 10.9 Å². The maximum atomic E-state index is 12.8. The molecule has 0 aliphatic rings. The van der Waals surface area contributed by atoms with Gasteiger partial charge in [-0.25, -0.2) is 4.98 Å².